The van der Waals surface area contributed by atoms with Gasteiger partial charge < -0.3 is 20.1 Å². The number of nitrogens with one attached hydrogen (secondary N) is 1. The van der Waals surface area contributed by atoms with Gasteiger partial charge in [0.15, 0.2) is 0 Å². The molecule has 1 aromatic heterocycles. The predicted molar refractivity (Wildman–Crippen MR) is 75.4 cm³/mol. The molecule has 0 aliphatic carbocycles. The zero-order valence-electron chi connectivity index (χ0n) is 12.2. The van der Waals surface area contributed by atoms with E-state index in [-0.39, 0.29) is 19.0 Å². The van der Waals surface area contributed by atoms with Crippen LogP contribution in [0.25, 0.3) is 0 Å². The van der Waals surface area contributed by atoms with Gasteiger partial charge in [-0.05, 0) is 13.0 Å². The van der Waals surface area contributed by atoms with Gasteiger partial charge in [-0.2, -0.15) is 0 Å². The fourth-order valence-electron chi connectivity index (χ4n) is 1.53. The molecule has 1 rings (SSSR count). The maximum Gasteiger partial charge on any atom is 0.239 e. The minimum atomic E-state index is -0.979. The summed E-state index contributed by atoms with van der Waals surface area (Å²) in [4.78, 5) is 21.5. The van der Waals surface area contributed by atoms with Gasteiger partial charge in [0.2, 0.25) is 11.9 Å². The summed E-state index contributed by atoms with van der Waals surface area (Å²) in [7, 11) is 3.31. The van der Waals surface area contributed by atoms with Gasteiger partial charge in [0.25, 0.3) is 0 Å². The number of amides is 1. The van der Waals surface area contributed by atoms with Crippen molar-refractivity contribution in [1.29, 1.82) is 0 Å². The van der Waals surface area contributed by atoms with Gasteiger partial charge in [-0.25, -0.2) is 9.97 Å². The van der Waals surface area contributed by atoms with Crippen LogP contribution in [0.15, 0.2) is 18.5 Å². The first-order chi connectivity index (χ1) is 9.44. The number of ether oxygens (including phenoxy) is 1. The third kappa shape index (κ3) is 5.94. The number of nitrogens with zero attached hydrogens (tertiary/aromatic N) is 3. The van der Waals surface area contributed by atoms with Gasteiger partial charge in [-0.15, -0.1) is 0 Å². The number of methoxy groups -OCH3 is 1. The Kier molecular flexibility index (Phi) is 6.33. The number of carbonyl (C=O) groups is 1. The molecule has 0 radical (unpaired) electrons. The molecule has 7 nitrogen and oxygen atoms in total. The molecule has 112 valence electrons. The second-order valence-corrected chi connectivity index (χ2v) is 4.92. The van der Waals surface area contributed by atoms with E-state index in [0.717, 1.165) is 0 Å². The normalized spacial score (nSPS) is 13.6. The van der Waals surface area contributed by atoms with Gasteiger partial charge in [0.1, 0.15) is 0 Å². The molecule has 0 aromatic carbocycles. The number of hydrogen-bond donors (Lipinski definition) is 2. The van der Waals surface area contributed by atoms with E-state index in [9.17, 15) is 9.90 Å². The van der Waals surface area contributed by atoms with Crippen LogP contribution < -0.4 is 10.2 Å². The summed E-state index contributed by atoms with van der Waals surface area (Å²) in [6, 6.07) is 1.71. The van der Waals surface area contributed by atoms with E-state index in [2.05, 4.69) is 15.3 Å². The van der Waals surface area contributed by atoms with Crippen LogP contribution in [0, 0.1) is 0 Å². The highest BCUT2D eigenvalue weighted by Crippen LogP contribution is 2.07. The molecule has 0 aliphatic rings. The third-order valence-corrected chi connectivity index (χ3v) is 2.79. The average Bonchev–Trinajstić information content (AvgIpc) is 2.44. The summed E-state index contributed by atoms with van der Waals surface area (Å²) in [6.45, 7) is 2.42. The number of aromatic nitrogens is 2. The Morgan fingerprint density at radius 3 is 2.75 bits per heavy atom. The Hall–Kier alpha value is -1.73. The lowest BCUT2D eigenvalue weighted by Crippen LogP contribution is -2.44. The predicted octanol–water partition coefficient (Wildman–Crippen LogP) is -0.183. The standard InChI is InChI=1S/C13H22N4O3/c1-13(19,5-8-20-3)10-16-11(18)9-17(2)12-14-6-4-7-15-12/h4,6-7,19H,5,8-10H2,1-3H3,(H,16,18). The number of hydrogen-bond acceptors (Lipinski definition) is 6. The average molecular weight is 282 g/mol. The van der Waals surface area contributed by atoms with E-state index in [1.165, 1.54) is 0 Å². The van der Waals surface area contributed by atoms with Gasteiger partial charge in [-0.3, -0.25) is 4.79 Å². The molecule has 1 aromatic rings. The van der Waals surface area contributed by atoms with Gasteiger partial charge in [0.05, 0.1) is 12.1 Å². The van der Waals surface area contributed by atoms with Crippen LogP contribution >= 0.6 is 0 Å². The molecule has 0 fully saturated rings. The zero-order chi connectivity index (χ0) is 15.0. The molecule has 7 heteroatoms. The monoisotopic (exact) mass is 282 g/mol. The van der Waals surface area contributed by atoms with Gasteiger partial charge >= 0.3 is 0 Å². The summed E-state index contributed by atoms with van der Waals surface area (Å²) >= 11 is 0. The van der Waals surface area contributed by atoms with Gasteiger partial charge in [0, 0.05) is 46.1 Å². The molecule has 2 N–H and O–H groups in total. The maximum absolute atomic E-state index is 11.8. The zero-order valence-corrected chi connectivity index (χ0v) is 12.2. The topological polar surface area (TPSA) is 87.6 Å². The molecule has 0 saturated carbocycles. The van der Waals surface area contributed by atoms with Crippen molar-refractivity contribution < 1.29 is 14.6 Å². The van der Waals surface area contributed by atoms with Crippen LogP contribution in [0.3, 0.4) is 0 Å². The molecule has 1 amide bonds. The van der Waals surface area contributed by atoms with Crippen molar-refractivity contribution >= 4 is 11.9 Å². The smallest absolute Gasteiger partial charge is 0.239 e. The van der Waals surface area contributed by atoms with E-state index >= 15 is 0 Å². The minimum absolute atomic E-state index is 0.129. The fourth-order valence-corrected chi connectivity index (χ4v) is 1.53. The Morgan fingerprint density at radius 1 is 1.50 bits per heavy atom. The summed E-state index contributed by atoms with van der Waals surface area (Å²) in [5.41, 5.74) is -0.979. The first kappa shape index (κ1) is 16.3. The fraction of sp³-hybridized carbons (Fsp3) is 0.615. The summed E-state index contributed by atoms with van der Waals surface area (Å²) in [5, 5.41) is 12.7. The molecular weight excluding hydrogens is 260 g/mol. The van der Waals surface area contributed by atoms with E-state index in [4.69, 9.17) is 4.74 Å². The molecule has 0 aliphatic heterocycles. The lowest BCUT2D eigenvalue weighted by molar-refractivity contribution is -0.121. The number of carbonyl (C=O) groups excluding carboxylic acids is 1. The van der Waals surface area contributed by atoms with E-state index in [1.54, 1.807) is 44.4 Å². The molecular formula is C13H22N4O3. The van der Waals surface area contributed by atoms with Crippen LogP contribution in [0.4, 0.5) is 5.95 Å². The Morgan fingerprint density at radius 2 is 2.15 bits per heavy atom. The molecule has 0 saturated heterocycles. The van der Waals surface area contributed by atoms with Crippen molar-refractivity contribution in [3.63, 3.8) is 0 Å². The van der Waals surface area contributed by atoms with E-state index < -0.39 is 5.60 Å². The lowest BCUT2D eigenvalue weighted by Gasteiger charge is -2.24. The highest BCUT2D eigenvalue weighted by molar-refractivity contribution is 5.80. The molecule has 20 heavy (non-hydrogen) atoms. The Bertz CT molecular complexity index is 411. The van der Waals surface area contributed by atoms with Gasteiger partial charge in [-0.1, -0.05) is 0 Å². The van der Waals surface area contributed by atoms with Crippen molar-refractivity contribution in [2.75, 3.05) is 38.8 Å². The second-order valence-electron chi connectivity index (χ2n) is 4.92. The van der Waals surface area contributed by atoms with Crippen LogP contribution in [0.2, 0.25) is 0 Å². The lowest BCUT2D eigenvalue weighted by atomic mass is 10.0. The van der Waals surface area contributed by atoms with Crippen LogP contribution in [0.1, 0.15) is 13.3 Å². The highest BCUT2D eigenvalue weighted by Gasteiger charge is 2.21. The quantitative estimate of drug-likeness (QED) is 0.687. The number of likely N-dealkylation sites (N-methyl/N-ethyl adjacent to an activating group) is 1. The summed E-state index contributed by atoms with van der Waals surface area (Å²) in [5.74, 6) is 0.284. The number of rotatable bonds is 8. The Labute approximate surface area is 119 Å². The molecule has 1 unspecified atom stereocenters. The van der Waals surface area contributed by atoms with Crippen molar-refractivity contribution in [2.45, 2.75) is 18.9 Å². The summed E-state index contributed by atoms with van der Waals surface area (Å²) in [6.07, 6.45) is 3.69. The first-order valence-corrected chi connectivity index (χ1v) is 6.41. The molecule has 1 heterocycles. The van der Waals surface area contributed by atoms with Crippen LogP contribution in [-0.4, -0.2) is 60.4 Å². The Balaban J connectivity index is 2.37. The number of aliphatic hydroxyl groups is 1. The SMILES string of the molecule is COCCC(C)(O)CNC(=O)CN(C)c1ncccn1. The first-order valence-electron chi connectivity index (χ1n) is 6.41. The number of anilines is 1. The van der Waals surface area contributed by atoms with E-state index in [0.29, 0.717) is 19.0 Å². The van der Waals surface area contributed by atoms with Crippen molar-refractivity contribution in [2.24, 2.45) is 0 Å². The largest absolute Gasteiger partial charge is 0.388 e. The second kappa shape index (κ2) is 7.76. The van der Waals surface area contributed by atoms with Crippen molar-refractivity contribution in [3.8, 4) is 0 Å². The maximum atomic E-state index is 11.8. The minimum Gasteiger partial charge on any atom is -0.388 e. The molecule has 0 bridgehead atoms. The van der Waals surface area contributed by atoms with Crippen LogP contribution in [-0.2, 0) is 9.53 Å². The van der Waals surface area contributed by atoms with Crippen LogP contribution in [0.5, 0.6) is 0 Å². The molecule has 0 spiro atoms. The third-order valence-electron chi connectivity index (χ3n) is 2.79. The summed E-state index contributed by atoms with van der Waals surface area (Å²) < 4.78 is 4.91. The molecule has 1 atom stereocenters. The van der Waals surface area contributed by atoms with E-state index in [1.807, 2.05) is 0 Å². The van der Waals surface area contributed by atoms with Crippen molar-refractivity contribution in [1.82, 2.24) is 15.3 Å². The van der Waals surface area contributed by atoms with Crippen molar-refractivity contribution in [3.05, 3.63) is 18.5 Å². The highest BCUT2D eigenvalue weighted by atomic mass is 16.5.